The fourth-order valence-electron chi connectivity index (χ4n) is 1.69. The van der Waals surface area contributed by atoms with Crippen LogP contribution in [-0.4, -0.2) is 56.5 Å². The Balaban J connectivity index is 2.45. The molecular weight excluding hydrogens is 218 g/mol. The molecule has 0 bridgehead atoms. The van der Waals surface area contributed by atoms with E-state index in [4.69, 9.17) is 4.74 Å². The maximum absolute atomic E-state index is 11.8. The third-order valence-electron chi connectivity index (χ3n) is 2.50. The molecule has 1 saturated heterocycles. The van der Waals surface area contributed by atoms with Gasteiger partial charge in [-0.2, -0.15) is 4.31 Å². The Hall–Kier alpha value is -0.170. The van der Waals surface area contributed by atoms with E-state index in [1.54, 1.807) is 7.11 Å². The molecule has 0 spiro atoms. The van der Waals surface area contributed by atoms with E-state index in [1.807, 2.05) is 0 Å². The molecule has 0 aromatic heterocycles. The zero-order valence-corrected chi connectivity index (χ0v) is 9.87. The first-order chi connectivity index (χ1) is 7.06. The van der Waals surface area contributed by atoms with Gasteiger partial charge in [0.05, 0.1) is 11.9 Å². The third kappa shape index (κ3) is 4.06. The van der Waals surface area contributed by atoms with E-state index in [-0.39, 0.29) is 12.3 Å². The number of aliphatic hydroxyl groups is 1. The number of nitrogens with zero attached hydrogens (tertiary/aromatic N) is 1. The topological polar surface area (TPSA) is 66.8 Å². The van der Waals surface area contributed by atoms with Gasteiger partial charge in [-0.15, -0.1) is 0 Å². The Bertz CT molecular complexity index is 278. The molecule has 0 amide bonds. The number of aliphatic hydroxyl groups excluding tert-OH is 1. The summed E-state index contributed by atoms with van der Waals surface area (Å²) < 4.78 is 29.7. The minimum absolute atomic E-state index is 0.105. The van der Waals surface area contributed by atoms with Crippen LogP contribution in [-0.2, 0) is 14.8 Å². The van der Waals surface area contributed by atoms with Gasteiger partial charge in [0.25, 0.3) is 0 Å². The molecule has 1 unspecified atom stereocenters. The second-order valence-corrected chi connectivity index (χ2v) is 5.90. The van der Waals surface area contributed by atoms with Crippen LogP contribution in [0.15, 0.2) is 0 Å². The Morgan fingerprint density at radius 1 is 1.53 bits per heavy atom. The Kier molecular flexibility index (Phi) is 4.98. The van der Waals surface area contributed by atoms with Gasteiger partial charge in [-0.25, -0.2) is 8.42 Å². The van der Waals surface area contributed by atoms with Gasteiger partial charge in [0.15, 0.2) is 0 Å². The van der Waals surface area contributed by atoms with Gasteiger partial charge in [0.1, 0.15) is 0 Å². The van der Waals surface area contributed by atoms with E-state index < -0.39 is 16.1 Å². The van der Waals surface area contributed by atoms with E-state index in [1.165, 1.54) is 4.31 Å². The van der Waals surface area contributed by atoms with Crippen molar-refractivity contribution in [1.82, 2.24) is 4.31 Å². The largest absolute Gasteiger partial charge is 0.392 e. The minimum atomic E-state index is -3.20. The normalized spacial score (nSPS) is 24.3. The van der Waals surface area contributed by atoms with Crippen molar-refractivity contribution in [1.29, 1.82) is 0 Å². The fraction of sp³-hybridized carbons (Fsp3) is 1.00. The molecule has 15 heavy (non-hydrogen) atoms. The van der Waals surface area contributed by atoms with E-state index in [9.17, 15) is 13.5 Å². The quantitative estimate of drug-likeness (QED) is 0.673. The average Bonchev–Trinajstić information content (AvgIpc) is 2.18. The van der Waals surface area contributed by atoms with Crippen LogP contribution >= 0.6 is 0 Å². The average molecular weight is 237 g/mol. The fourth-order valence-corrected chi connectivity index (χ4v) is 3.24. The maximum Gasteiger partial charge on any atom is 0.214 e. The van der Waals surface area contributed by atoms with Gasteiger partial charge < -0.3 is 9.84 Å². The Morgan fingerprint density at radius 3 is 2.87 bits per heavy atom. The van der Waals surface area contributed by atoms with Gasteiger partial charge >= 0.3 is 0 Å². The van der Waals surface area contributed by atoms with E-state index in [0.29, 0.717) is 26.0 Å². The number of β-amino-alcohol motifs (C(OH)–C–C–N with tert-alkyl or cyclic N) is 1. The molecule has 1 aliphatic rings. The first-order valence-electron chi connectivity index (χ1n) is 5.21. The summed E-state index contributed by atoms with van der Waals surface area (Å²) in [6.07, 6.45) is 1.44. The molecule has 1 heterocycles. The van der Waals surface area contributed by atoms with Crippen molar-refractivity contribution in [2.24, 2.45) is 0 Å². The van der Waals surface area contributed by atoms with Crippen LogP contribution in [0, 0.1) is 0 Å². The molecule has 1 aliphatic heterocycles. The van der Waals surface area contributed by atoms with Crippen molar-refractivity contribution in [3.63, 3.8) is 0 Å². The first kappa shape index (κ1) is 12.9. The Morgan fingerprint density at radius 2 is 2.27 bits per heavy atom. The highest BCUT2D eigenvalue weighted by molar-refractivity contribution is 7.89. The molecule has 0 saturated carbocycles. The lowest BCUT2D eigenvalue weighted by molar-refractivity contribution is 0.108. The number of sulfonamides is 1. The number of ether oxygens (including phenoxy) is 1. The number of rotatable bonds is 5. The lowest BCUT2D eigenvalue weighted by atomic mass is 10.1. The molecule has 0 aliphatic carbocycles. The summed E-state index contributed by atoms with van der Waals surface area (Å²) in [6.45, 7) is 1.23. The lowest BCUT2D eigenvalue weighted by Gasteiger charge is -2.29. The molecule has 0 aromatic rings. The standard InChI is InChI=1S/C9H19NO4S/c1-14-6-3-7-15(12,13)10-5-2-4-9(11)8-10/h9,11H,2-8H2,1H3. The van der Waals surface area contributed by atoms with Gasteiger partial charge in [-0.05, 0) is 19.3 Å². The summed E-state index contributed by atoms with van der Waals surface area (Å²) in [6, 6.07) is 0. The van der Waals surface area contributed by atoms with Crippen molar-refractivity contribution in [2.75, 3.05) is 32.6 Å². The van der Waals surface area contributed by atoms with Crippen LogP contribution < -0.4 is 0 Å². The third-order valence-corrected chi connectivity index (χ3v) is 4.43. The highest BCUT2D eigenvalue weighted by Crippen LogP contribution is 2.14. The second kappa shape index (κ2) is 5.79. The number of methoxy groups -OCH3 is 1. The van der Waals surface area contributed by atoms with Gasteiger partial charge in [0.2, 0.25) is 10.0 Å². The zero-order valence-electron chi connectivity index (χ0n) is 9.05. The molecule has 1 atom stereocenters. The van der Waals surface area contributed by atoms with Crippen LogP contribution in [0.5, 0.6) is 0 Å². The van der Waals surface area contributed by atoms with Gasteiger partial charge in [0, 0.05) is 26.8 Å². The minimum Gasteiger partial charge on any atom is -0.392 e. The number of hydrogen-bond acceptors (Lipinski definition) is 4. The smallest absolute Gasteiger partial charge is 0.214 e. The van der Waals surface area contributed by atoms with Crippen LogP contribution in [0.25, 0.3) is 0 Å². The van der Waals surface area contributed by atoms with Crippen LogP contribution in [0.4, 0.5) is 0 Å². The van der Waals surface area contributed by atoms with E-state index >= 15 is 0 Å². The summed E-state index contributed by atoms with van der Waals surface area (Å²) in [5.74, 6) is 0.105. The summed E-state index contributed by atoms with van der Waals surface area (Å²) in [7, 11) is -1.64. The number of piperidine rings is 1. The highest BCUT2D eigenvalue weighted by Gasteiger charge is 2.27. The molecular formula is C9H19NO4S. The second-order valence-electron chi connectivity index (χ2n) is 3.82. The molecule has 1 rings (SSSR count). The molecule has 1 N–H and O–H groups in total. The zero-order chi connectivity index (χ0) is 11.3. The first-order valence-corrected chi connectivity index (χ1v) is 6.82. The van der Waals surface area contributed by atoms with Crippen molar-refractivity contribution in [3.8, 4) is 0 Å². The summed E-state index contributed by atoms with van der Waals surface area (Å²) >= 11 is 0. The number of hydrogen-bond donors (Lipinski definition) is 1. The van der Waals surface area contributed by atoms with Crippen LogP contribution in [0.1, 0.15) is 19.3 Å². The van der Waals surface area contributed by atoms with Gasteiger partial charge in [-0.3, -0.25) is 0 Å². The molecule has 5 nitrogen and oxygen atoms in total. The molecule has 1 fully saturated rings. The van der Waals surface area contributed by atoms with Crippen LogP contribution in [0.2, 0.25) is 0 Å². The van der Waals surface area contributed by atoms with Crippen molar-refractivity contribution >= 4 is 10.0 Å². The Labute approximate surface area is 91.1 Å². The molecule has 0 aromatic carbocycles. The van der Waals surface area contributed by atoms with Crippen molar-refractivity contribution < 1.29 is 18.3 Å². The molecule has 90 valence electrons. The highest BCUT2D eigenvalue weighted by atomic mass is 32.2. The van der Waals surface area contributed by atoms with E-state index in [2.05, 4.69) is 0 Å². The summed E-state index contributed by atoms with van der Waals surface area (Å²) in [4.78, 5) is 0. The molecule has 0 radical (unpaired) electrons. The SMILES string of the molecule is COCCCS(=O)(=O)N1CCCC(O)C1. The van der Waals surface area contributed by atoms with E-state index in [0.717, 1.165) is 6.42 Å². The van der Waals surface area contributed by atoms with Crippen LogP contribution in [0.3, 0.4) is 0 Å². The summed E-state index contributed by atoms with van der Waals surface area (Å²) in [5.41, 5.74) is 0. The predicted molar refractivity (Wildman–Crippen MR) is 57.1 cm³/mol. The van der Waals surface area contributed by atoms with Gasteiger partial charge in [-0.1, -0.05) is 0 Å². The lowest BCUT2D eigenvalue weighted by Crippen LogP contribution is -2.43. The molecule has 6 heteroatoms. The van der Waals surface area contributed by atoms with Crippen molar-refractivity contribution in [2.45, 2.75) is 25.4 Å². The monoisotopic (exact) mass is 237 g/mol. The van der Waals surface area contributed by atoms with Crippen molar-refractivity contribution in [3.05, 3.63) is 0 Å². The maximum atomic E-state index is 11.8. The summed E-state index contributed by atoms with van der Waals surface area (Å²) in [5, 5.41) is 9.38. The predicted octanol–water partition coefficient (Wildman–Crippen LogP) is -0.191.